The monoisotopic (exact) mass is 370 g/mol. The lowest BCUT2D eigenvalue weighted by Crippen LogP contribution is -2.41. The Morgan fingerprint density at radius 3 is 2.65 bits per heavy atom. The molecule has 3 aliphatic rings. The quantitative estimate of drug-likeness (QED) is 0.878. The number of aromatic nitrogens is 2. The summed E-state index contributed by atoms with van der Waals surface area (Å²) in [6.07, 6.45) is -0.878. The van der Waals surface area contributed by atoms with Crippen molar-refractivity contribution in [3.63, 3.8) is 0 Å². The Hall–Kier alpha value is -1.73. The highest BCUT2D eigenvalue weighted by Gasteiger charge is 2.47. The van der Waals surface area contributed by atoms with Crippen LogP contribution in [0.1, 0.15) is 63.7 Å². The number of anilines is 1. The summed E-state index contributed by atoms with van der Waals surface area (Å²) in [7, 11) is 0. The first-order valence-electron chi connectivity index (χ1n) is 9.49. The summed E-state index contributed by atoms with van der Waals surface area (Å²) in [5.41, 5.74) is 0.581. The number of nitrogens with one attached hydrogen (secondary N) is 1. The number of alkyl halides is 3. The minimum Gasteiger partial charge on any atom is -0.367 e. The third-order valence-corrected chi connectivity index (χ3v) is 5.85. The molecule has 1 N–H and O–H groups in total. The molecule has 0 spiro atoms. The second-order valence-corrected chi connectivity index (χ2v) is 8.15. The molecule has 1 amide bonds. The number of nitrogens with zero attached hydrogens (tertiary/aromatic N) is 3. The highest BCUT2D eigenvalue weighted by Crippen LogP contribution is 2.43. The maximum atomic E-state index is 13.6. The van der Waals surface area contributed by atoms with E-state index in [9.17, 15) is 18.0 Å². The summed E-state index contributed by atoms with van der Waals surface area (Å²) in [6, 6.07) is -0.342. The summed E-state index contributed by atoms with van der Waals surface area (Å²) in [5.74, 6) is 0.752. The van der Waals surface area contributed by atoms with Crippen molar-refractivity contribution in [3.05, 3.63) is 11.8 Å². The molecular formula is C18H25F3N4O. The first-order chi connectivity index (χ1) is 12.3. The molecule has 0 radical (unpaired) electrons. The molecule has 1 aromatic heterocycles. The number of likely N-dealkylation sites (tertiary alicyclic amines) is 1. The third kappa shape index (κ3) is 3.07. The number of fused-ring (bicyclic) bond motifs is 1. The molecule has 5 nitrogen and oxygen atoms in total. The molecule has 1 aromatic rings. The van der Waals surface area contributed by atoms with Crippen LogP contribution in [0.25, 0.3) is 0 Å². The second kappa shape index (κ2) is 6.16. The van der Waals surface area contributed by atoms with Gasteiger partial charge in [-0.2, -0.15) is 18.3 Å². The van der Waals surface area contributed by atoms with Crippen molar-refractivity contribution in [3.8, 4) is 0 Å². The van der Waals surface area contributed by atoms with Crippen LogP contribution in [0.5, 0.6) is 0 Å². The Morgan fingerprint density at radius 2 is 2.04 bits per heavy atom. The van der Waals surface area contributed by atoms with Crippen LogP contribution in [0.4, 0.5) is 19.0 Å². The molecule has 8 heteroatoms. The van der Waals surface area contributed by atoms with E-state index in [4.69, 9.17) is 0 Å². The van der Waals surface area contributed by atoms with Gasteiger partial charge in [0.25, 0.3) is 0 Å². The van der Waals surface area contributed by atoms with Gasteiger partial charge in [-0.15, -0.1) is 0 Å². The van der Waals surface area contributed by atoms with Gasteiger partial charge in [-0.25, -0.2) is 4.68 Å². The van der Waals surface area contributed by atoms with E-state index in [1.165, 1.54) is 0 Å². The fourth-order valence-corrected chi connectivity index (χ4v) is 4.12. The van der Waals surface area contributed by atoms with Crippen LogP contribution in [0.3, 0.4) is 0 Å². The maximum absolute atomic E-state index is 13.6. The lowest BCUT2D eigenvalue weighted by Gasteiger charge is -2.35. The van der Waals surface area contributed by atoms with E-state index in [1.807, 2.05) is 18.7 Å². The van der Waals surface area contributed by atoms with Gasteiger partial charge in [-0.1, -0.05) is 13.8 Å². The normalized spacial score (nSPS) is 29.0. The van der Waals surface area contributed by atoms with Gasteiger partial charge in [0, 0.05) is 24.6 Å². The highest BCUT2D eigenvalue weighted by molar-refractivity contribution is 5.81. The van der Waals surface area contributed by atoms with Gasteiger partial charge in [-0.3, -0.25) is 4.79 Å². The molecule has 1 saturated carbocycles. The van der Waals surface area contributed by atoms with E-state index in [-0.39, 0.29) is 36.2 Å². The lowest BCUT2D eigenvalue weighted by molar-refractivity contribution is -0.174. The molecule has 0 unspecified atom stereocenters. The van der Waals surface area contributed by atoms with Gasteiger partial charge in [0.2, 0.25) is 5.91 Å². The van der Waals surface area contributed by atoms with E-state index in [0.717, 1.165) is 30.4 Å². The van der Waals surface area contributed by atoms with Crippen LogP contribution in [0, 0.1) is 11.8 Å². The summed E-state index contributed by atoms with van der Waals surface area (Å²) in [5, 5.41) is 7.55. The molecular weight excluding hydrogens is 345 g/mol. The number of hydrogen-bond acceptors (Lipinski definition) is 3. The molecule has 3 heterocycles. The summed E-state index contributed by atoms with van der Waals surface area (Å²) in [6.45, 7) is 4.52. The van der Waals surface area contributed by atoms with Crippen molar-refractivity contribution in [2.24, 2.45) is 11.8 Å². The van der Waals surface area contributed by atoms with Gasteiger partial charge >= 0.3 is 6.18 Å². The van der Waals surface area contributed by atoms with Crippen molar-refractivity contribution < 1.29 is 18.0 Å². The van der Waals surface area contributed by atoms with E-state index in [1.54, 1.807) is 6.07 Å². The Bertz CT molecular complexity index is 695. The predicted molar refractivity (Wildman–Crippen MR) is 90.6 cm³/mol. The molecule has 2 fully saturated rings. The molecule has 144 valence electrons. The van der Waals surface area contributed by atoms with Gasteiger partial charge in [0.15, 0.2) is 6.04 Å². The molecule has 26 heavy (non-hydrogen) atoms. The average Bonchev–Trinajstić information content (AvgIpc) is 3.15. The standard InChI is InChI=1S/C18H25F3N4O/c1-10(2)12-8-15(18(19,20)21)25-16(22-12)9-13(23-25)14-4-3-7-24(14)17(26)11-5-6-11/h9-12,14-15,22H,3-8H2,1-2H3/t12-,14+,15+/m0/s1. The van der Waals surface area contributed by atoms with Gasteiger partial charge in [-0.05, 0) is 38.0 Å². The third-order valence-electron chi connectivity index (χ3n) is 5.85. The zero-order valence-electron chi connectivity index (χ0n) is 15.1. The number of carbonyl (C=O) groups is 1. The van der Waals surface area contributed by atoms with Gasteiger partial charge in [0.1, 0.15) is 5.82 Å². The minimum absolute atomic E-state index is 0.0231. The molecule has 2 aliphatic heterocycles. The fourth-order valence-electron chi connectivity index (χ4n) is 4.12. The predicted octanol–water partition coefficient (Wildman–Crippen LogP) is 3.90. The Balaban J connectivity index is 1.65. The fraction of sp³-hybridized carbons (Fsp3) is 0.778. The molecule has 1 aliphatic carbocycles. The number of rotatable bonds is 3. The van der Waals surface area contributed by atoms with Crippen LogP contribution >= 0.6 is 0 Å². The van der Waals surface area contributed by atoms with Crippen molar-refractivity contribution in [1.82, 2.24) is 14.7 Å². The molecule has 4 rings (SSSR count). The number of hydrogen-bond donors (Lipinski definition) is 1. The van der Waals surface area contributed by atoms with E-state index in [2.05, 4.69) is 10.4 Å². The Morgan fingerprint density at radius 1 is 1.31 bits per heavy atom. The largest absolute Gasteiger partial charge is 0.410 e. The number of amides is 1. The summed E-state index contributed by atoms with van der Waals surface area (Å²) >= 11 is 0. The first kappa shape index (κ1) is 17.7. The number of carbonyl (C=O) groups excluding carboxylic acids is 1. The number of halogens is 3. The van der Waals surface area contributed by atoms with Crippen LogP contribution in [0.2, 0.25) is 0 Å². The van der Waals surface area contributed by atoms with E-state index >= 15 is 0 Å². The van der Waals surface area contributed by atoms with E-state index < -0.39 is 12.2 Å². The molecule has 1 saturated heterocycles. The highest BCUT2D eigenvalue weighted by atomic mass is 19.4. The Labute approximate surface area is 150 Å². The van der Waals surface area contributed by atoms with Crippen LogP contribution in [-0.2, 0) is 4.79 Å². The van der Waals surface area contributed by atoms with Gasteiger partial charge < -0.3 is 10.2 Å². The van der Waals surface area contributed by atoms with Crippen LogP contribution < -0.4 is 5.32 Å². The lowest BCUT2D eigenvalue weighted by atomic mass is 9.94. The van der Waals surface area contributed by atoms with Crippen molar-refractivity contribution >= 4 is 11.7 Å². The molecule has 3 atom stereocenters. The topological polar surface area (TPSA) is 50.2 Å². The van der Waals surface area contributed by atoms with Crippen molar-refractivity contribution in [1.29, 1.82) is 0 Å². The van der Waals surface area contributed by atoms with Crippen LogP contribution in [0.15, 0.2) is 6.07 Å². The van der Waals surface area contributed by atoms with Crippen molar-refractivity contribution in [2.75, 3.05) is 11.9 Å². The minimum atomic E-state index is -4.34. The van der Waals surface area contributed by atoms with E-state index in [0.29, 0.717) is 18.1 Å². The first-order valence-corrected chi connectivity index (χ1v) is 9.49. The zero-order valence-corrected chi connectivity index (χ0v) is 15.1. The maximum Gasteiger partial charge on any atom is 0.410 e. The SMILES string of the molecule is CC(C)[C@@H]1C[C@H](C(F)(F)F)n2nc([C@H]3CCCN3C(=O)C3CC3)cc2N1. The van der Waals surface area contributed by atoms with Crippen molar-refractivity contribution in [2.45, 2.75) is 70.3 Å². The Kier molecular flexibility index (Phi) is 4.19. The molecule has 0 aromatic carbocycles. The second-order valence-electron chi connectivity index (χ2n) is 8.15. The van der Waals surface area contributed by atoms with Crippen LogP contribution in [-0.4, -0.2) is 39.4 Å². The summed E-state index contributed by atoms with van der Waals surface area (Å²) < 4.78 is 41.9. The average molecular weight is 370 g/mol. The van der Waals surface area contributed by atoms with Gasteiger partial charge in [0.05, 0.1) is 11.7 Å². The smallest absolute Gasteiger partial charge is 0.367 e. The summed E-state index contributed by atoms with van der Waals surface area (Å²) in [4.78, 5) is 14.3. The zero-order chi connectivity index (χ0) is 18.6. The molecule has 0 bridgehead atoms.